The molecule has 2 aromatic carbocycles. The topological polar surface area (TPSA) is 118 Å². The Bertz CT molecular complexity index is 1290. The monoisotopic (exact) mass is 419 g/mol. The van der Waals surface area contributed by atoms with Crippen molar-refractivity contribution in [3.05, 3.63) is 58.5 Å². The highest BCUT2D eigenvalue weighted by atomic mass is 16.2. The van der Waals surface area contributed by atoms with E-state index in [4.69, 9.17) is 0 Å². The lowest BCUT2D eigenvalue weighted by Crippen LogP contribution is -2.62. The molecule has 31 heavy (non-hydrogen) atoms. The highest BCUT2D eigenvalue weighted by molar-refractivity contribution is 6.10. The Kier molecular flexibility index (Phi) is 4.21. The van der Waals surface area contributed by atoms with Crippen LogP contribution in [0.15, 0.2) is 47.3 Å². The van der Waals surface area contributed by atoms with Crippen molar-refractivity contribution in [3.8, 4) is 0 Å². The van der Waals surface area contributed by atoms with Crippen LogP contribution in [-0.2, 0) is 9.59 Å². The number of benzene rings is 2. The Morgan fingerprint density at radius 3 is 2.71 bits per heavy atom. The van der Waals surface area contributed by atoms with Crippen LogP contribution in [0.5, 0.6) is 0 Å². The van der Waals surface area contributed by atoms with Gasteiger partial charge in [-0.25, -0.2) is 4.79 Å². The van der Waals surface area contributed by atoms with E-state index in [1.165, 1.54) is 0 Å². The van der Waals surface area contributed by atoms with Gasteiger partial charge in [0.05, 0.1) is 22.3 Å². The molecule has 0 unspecified atom stereocenters. The molecule has 1 atom stereocenters. The minimum atomic E-state index is -0.785. The zero-order valence-corrected chi connectivity index (χ0v) is 16.9. The number of hydrogen-bond donors (Lipinski definition) is 3. The van der Waals surface area contributed by atoms with Gasteiger partial charge in [0.2, 0.25) is 11.8 Å². The van der Waals surface area contributed by atoms with Crippen molar-refractivity contribution in [2.75, 3.05) is 16.8 Å². The van der Waals surface area contributed by atoms with Gasteiger partial charge >= 0.3 is 5.69 Å². The van der Waals surface area contributed by atoms with Gasteiger partial charge in [-0.3, -0.25) is 19.3 Å². The van der Waals surface area contributed by atoms with E-state index < -0.39 is 5.66 Å². The highest BCUT2D eigenvalue weighted by Gasteiger charge is 2.52. The maximum Gasteiger partial charge on any atom is 0.323 e. The summed E-state index contributed by atoms with van der Waals surface area (Å²) >= 11 is 0. The van der Waals surface area contributed by atoms with E-state index in [9.17, 15) is 19.2 Å². The minimum absolute atomic E-state index is 0.0225. The number of imidazole rings is 1. The number of anilines is 2. The third-order valence-corrected chi connectivity index (χ3v) is 6.11. The second kappa shape index (κ2) is 6.83. The Hall–Kier alpha value is -3.88. The van der Waals surface area contributed by atoms with Crippen LogP contribution < -0.4 is 15.9 Å². The lowest BCUT2D eigenvalue weighted by Gasteiger charge is -2.48. The normalized spacial score (nSPS) is 20.2. The van der Waals surface area contributed by atoms with Crippen molar-refractivity contribution in [2.24, 2.45) is 0 Å². The molecule has 3 heterocycles. The van der Waals surface area contributed by atoms with E-state index in [1.807, 2.05) is 13.0 Å². The van der Waals surface area contributed by atoms with E-state index in [0.717, 1.165) is 0 Å². The largest absolute Gasteiger partial charge is 0.326 e. The Morgan fingerprint density at radius 1 is 1.10 bits per heavy atom. The van der Waals surface area contributed by atoms with Crippen molar-refractivity contribution in [3.63, 3.8) is 0 Å². The van der Waals surface area contributed by atoms with Gasteiger partial charge in [0, 0.05) is 25.1 Å². The number of rotatable bonds is 4. The third-order valence-electron chi connectivity index (χ3n) is 6.11. The smallest absolute Gasteiger partial charge is 0.323 e. The van der Waals surface area contributed by atoms with Gasteiger partial charge in [-0.15, -0.1) is 0 Å². The van der Waals surface area contributed by atoms with Crippen LogP contribution in [-0.4, -0.2) is 44.8 Å². The molecule has 3 aromatic rings. The fourth-order valence-electron chi connectivity index (χ4n) is 4.59. The molecular weight excluding hydrogens is 398 g/mol. The van der Waals surface area contributed by atoms with Gasteiger partial charge < -0.3 is 20.2 Å². The number of para-hydroxylation sites is 1. The first kappa shape index (κ1) is 19.1. The van der Waals surface area contributed by atoms with Gasteiger partial charge in [0.25, 0.3) is 5.91 Å². The summed E-state index contributed by atoms with van der Waals surface area (Å²) in [5.41, 5.74) is 1.80. The Balaban J connectivity index is 1.35. The summed E-state index contributed by atoms with van der Waals surface area (Å²) in [5, 5.41) is 2.80. The zero-order valence-electron chi connectivity index (χ0n) is 16.9. The fraction of sp³-hybridized carbons (Fsp3) is 0.273. The number of H-pyrrole nitrogens is 2. The molecule has 0 aliphatic carbocycles. The number of fused-ring (bicyclic) bond motifs is 4. The van der Waals surface area contributed by atoms with Crippen molar-refractivity contribution in [1.82, 2.24) is 14.9 Å². The maximum absolute atomic E-state index is 13.2. The molecule has 9 heteroatoms. The van der Waals surface area contributed by atoms with E-state index >= 15 is 0 Å². The first-order valence-electron chi connectivity index (χ1n) is 10.1. The SMILES string of the molecule is C[C@]12CCC(=O)N1c1ccccc1C(=O)N2CCC(=O)Nc1ccc2[nH]c(=O)[nH]c2c1. The third kappa shape index (κ3) is 3.00. The standard InChI is InChI=1S/C22H21N5O4/c1-22-10-8-19(29)27(22)17-5-3-2-4-14(17)20(30)26(22)11-9-18(28)23-13-6-7-15-16(12-13)25-21(31)24-15/h2-7,12H,8-11H2,1H3,(H,23,28)(H2,24,25,31)/t22-/m1/s1. The van der Waals surface area contributed by atoms with Gasteiger partial charge in [0.1, 0.15) is 5.66 Å². The highest BCUT2D eigenvalue weighted by Crippen LogP contribution is 2.43. The Labute approximate surface area is 177 Å². The van der Waals surface area contributed by atoms with Crippen LogP contribution in [0.4, 0.5) is 11.4 Å². The molecule has 1 aromatic heterocycles. The van der Waals surface area contributed by atoms with Crippen LogP contribution in [0.25, 0.3) is 11.0 Å². The molecule has 3 N–H and O–H groups in total. The van der Waals surface area contributed by atoms with Crippen LogP contribution in [0.1, 0.15) is 36.5 Å². The maximum atomic E-state index is 13.2. The molecule has 1 fully saturated rings. The number of carbonyl (C=O) groups is 3. The molecule has 0 saturated carbocycles. The van der Waals surface area contributed by atoms with E-state index in [1.54, 1.807) is 46.2 Å². The molecule has 1 saturated heterocycles. The van der Waals surface area contributed by atoms with Crippen LogP contribution >= 0.6 is 0 Å². The summed E-state index contributed by atoms with van der Waals surface area (Å²) < 4.78 is 0. The first-order chi connectivity index (χ1) is 14.9. The van der Waals surface area contributed by atoms with Gasteiger partial charge in [-0.2, -0.15) is 0 Å². The minimum Gasteiger partial charge on any atom is -0.326 e. The van der Waals surface area contributed by atoms with Gasteiger partial charge in [-0.1, -0.05) is 12.1 Å². The summed E-state index contributed by atoms with van der Waals surface area (Å²) in [6.45, 7) is 2.06. The molecule has 158 valence electrons. The first-order valence-corrected chi connectivity index (χ1v) is 10.1. The lowest BCUT2D eigenvalue weighted by atomic mass is 9.98. The average molecular weight is 419 g/mol. The summed E-state index contributed by atoms with van der Waals surface area (Å²) in [5.74, 6) is -0.461. The number of aromatic nitrogens is 2. The van der Waals surface area contributed by atoms with Crippen molar-refractivity contribution in [2.45, 2.75) is 31.8 Å². The molecule has 2 aliphatic rings. The van der Waals surface area contributed by atoms with Crippen LogP contribution in [0, 0.1) is 0 Å². The molecular formula is C22H21N5O4. The van der Waals surface area contributed by atoms with E-state index in [-0.39, 0.29) is 36.4 Å². The van der Waals surface area contributed by atoms with Crippen molar-refractivity contribution >= 4 is 40.1 Å². The summed E-state index contributed by atoms with van der Waals surface area (Å²) in [6, 6.07) is 12.2. The molecule has 5 rings (SSSR count). The number of hydrogen-bond acceptors (Lipinski definition) is 4. The number of carbonyl (C=O) groups excluding carboxylic acids is 3. The molecule has 9 nitrogen and oxygen atoms in total. The van der Waals surface area contributed by atoms with Crippen molar-refractivity contribution in [1.29, 1.82) is 0 Å². The van der Waals surface area contributed by atoms with Gasteiger partial charge in [0.15, 0.2) is 0 Å². The molecule has 2 aliphatic heterocycles. The van der Waals surface area contributed by atoms with E-state index in [2.05, 4.69) is 15.3 Å². The van der Waals surface area contributed by atoms with E-state index in [0.29, 0.717) is 40.8 Å². The number of amides is 3. The number of nitrogens with one attached hydrogen (secondary N) is 3. The molecule has 0 spiro atoms. The Morgan fingerprint density at radius 2 is 1.87 bits per heavy atom. The van der Waals surface area contributed by atoms with Crippen LogP contribution in [0.3, 0.4) is 0 Å². The zero-order chi connectivity index (χ0) is 21.8. The lowest BCUT2D eigenvalue weighted by molar-refractivity contribution is -0.117. The van der Waals surface area contributed by atoms with Crippen LogP contribution in [0.2, 0.25) is 0 Å². The summed E-state index contributed by atoms with van der Waals surface area (Å²) in [6.07, 6.45) is 0.952. The summed E-state index contributed by atoms with van der Waals surface area (Å²) in [7, 11) is 0. The second-order valence-corrected chi connectivity index (χ2v) is 8.06. The quantitative estimate of drug-likeness (QED) is 0.601. The second-order valence-electron chi connectivity index (χ2n) is 8.06. The molecule has 0 bridgehead atoms. The van der Waals surface area contributed by atoms with Crippen molar-refractivity contribution < 1.29 is 14.4 Å². The molecule has 3 amide bonds. The van der Waals surface area contributed by atoms with Gasteiger partial charge in [-0.05, 0) is 43.7 Å². The predicted octanol–water partition coefficient (Wildman–Crippen LogP) is 2.18. The summed E-state index contributed by atoms with van der Waals surface area (Å²) in [4.78, 5) is 58.4. The predicted molar refractivity (Wildman–Crippen MR) is 115 cm³/mol. The number of nitrogens with zero attached hydrogens (tertiary/aromatic N) is 2. The average Bonchev–Trinajstić information content (AvgIpc) is 3.26. The molecule has 0 radical (unpaired) electrons. The number of aromatic amines is 2. The fourth-order valence-corrected chi connectivity index (χ4v) is 4.59.